The van der Waals surface area contributed by atoms with Crippen LogP contribution in [0.1, 0.15) is 93.2 Å². The average Bonchev–Trinajstić information content (AvgIpc) is 3.23. The molecule has 2 N–H and O–H groups in total. The van der Waals surface area contributed by atoms with Crippen molar-refractivity contribution in [3.8, 4) is 0 Å². The molecule has 0 saturated heterocycles. The van der Waals surface area contributed by atoms with Crippen LogP contribution in [0.15, 0.2) is 54.7 Å². The van der Waals surface area contributed by atoms with Gasteiger partial charge in [-0.15, -0.1) is 12.4 Å². The fourth-order valence-corrected chi connectivity index (χ4v) is 6.58. The third kappa shape index (κ3) is 6.42. The van der Waals surface area contributed by atoms with Gasteiger partial charge in [-0.25, -0.2) is 0 Å². The molecular formula is C32H43ClN2O. The summed E-state index contributed by atoms with van der Waals surface area (Å²) < 4.78 is 2.49. The number of fused-ring (bicyclic) bond motifs is 1. The number of hydrogen-bond donors (Lipinski definition) is 1. The predicted octanol–water partition coefficient (Wildman–Crippen LogP) is 7.95. The molecule has 2 fully saturated rings. The van der Waals surface area contributed by atoms with Gasteiger partial charge in [0.05, 0.1) is 0 Å². The number of halogens is 1. The van der Waals surface area contributed by atoms with E-state index < -0.39 is 0 Å². The van der Waals surface area contributed by atoms with Gasteiger partial charge < -0.3 is 10.3 Å². The molecule has 0 aliphatic heterocycles. The van der Waals surface area contributed by atoms with Gasteiger partial charge >= 0.3 is 0 Å². The van der Waals surface area contributed by atoms with Crippen LogP contribution < -0.4 is 5.73 Å². The van der Waals surface area contributed by atoms with Crippen molar-refractivity contribution in [1.29, 1.82) is 0 Å². The smallest absolute Gasteiger partial charge is 0.134 e. The summed E-state index contributed by atoms with van der Waals surface area (Å²) >= 11 is 0. The number of aromatic nitrogens is 1. The molecule has 5 rings (SSSR count). The molecule has 1 atom stereocenters. The molecule has 0 amide bonds. The summed E-state index contributed by atoms with van der Waals surface area (Å²) in [5.74, 6) is 1.78. The summed E-state index contributed by atoms with van der Waals surface area (Å²) in [6.45, 7) is 3.23. The summed E-state index contributed by atoms with van der Waals surface area (Å²) in [5.41, 5.74) is 11.3. The molecule has 0 bridgehead atoms. The van der Waals surface area contributed by atoms with E-state index in [2.05, 4.69) is 66.2 Å². The molecule has 0 spiro atoms. The second-order valence-electron chi connectivity index (χ2n) is 11.4. The lowest BCUT2D eigenvalue weighted by Crippen LogP contribution is -2.27. The molecular weight excluding hydrogens is 464 g/mol. The topological polar surface area (TPSA) is 48.0 Å². The summed E-state index contributed by atoms with van der Waals surface area (Å²) in [5, 5.41) is 1.31. The first-order chi connectivity index (χ1) is 17.1. The van der Waals surface area contributed by atoms with E-state index in [1.807, 2.05) is 0 Å². The second-order valence-corrected chi connectivity index (χ2v) is 11.4. The van der Waals surface area contributed by atoms with Crippen molar-refractivity contribution < 1.29 is 4.79 Å². The minimum absolute atomic E-state index is 0. The van der Waals surface area contributed by atoms with Crippen LogP contribution in [0.5, 0.6) is 0 Å². The number of carbonyl (C=O) groups is 1. The highest BCUT2D eigenvalue weighted by Crippen LogP contribution is 2.37. The van der Waals surface area contributed by atoms with Crippen LogP contribution in [0.2, 0.25) is 0 Å². The zero-order chi connectivity index (χ0) is 24.2. The van der Waals surface area contributed by atoms with Gasteiger partial charge in [-0.3, -0.25) is 4.79 Å². The third-order valence-electron chi connectivity index (χ3n) is 8.69. The monoisotopic (exact) mass is 506 g/mol. The number of nitrogens with zero attached hydrogens (tertiary/aromatic N) is 1. The Morgan fingerprint density at radius 2 is 1.61 bits per heavy atom. The third-order valence-corrected chi connectivity index (χ3v) is 8.69. The van der Waals surface area contributed by atoms with Crippen molar-refractivity contribution in [3.05, 3.63) is 71.4 Å². The number of hydrogen-bond acceptors (Lipinski definition) is 2. The van der Waals surface area contributed by atoms with Crippen molar-refractivity contribution >= 4 is 29.1 Å². The molecule has 2 aliphatic carbocycles. The molecule has 3 nitrogen and oxygen atoms in total. The van der Waals surface area contributed by atoms with Crippen molar-refractivity contribution in [1.82, 2.24) is 4.57 Å². The molecule has 36 heavy (non-hydrogen) atoms. The number of aryl methyl sites for hydroxylation is 1. The van der Waals surface area contributed by atoms with Gasteiger partial charge in [0.1, 0.15) is 5.78 Å². The summed E-state index contributed by atoms with van der Waals surface area (Å²) in [6, 6.07) is 18.0. The van der Waals surface area contributed by atoms with Crippen LogP contribution in [-0.4, -0.2) is 16.4 Å². The molecule has 2 aromatic carbocycles. The maximum atomic E-state index is 13.4. The molecule has 1 aromatic heterocycles. The van der Waals surface area contributed by atoms with Gasteiger partial charge in [0.25, 0.3) is 0 Å². The maximum Gasteiger partial charge on any atom is 0.134 e. The number of para-hydroxylation sites is 1. The molecule has 194 valence electrons. The molecule has 0 radical (unpaired) electrons. The summed E-state index contributed by atoms with van der Waals surface area (Å²) in [4.78, 5) is 13.4. The second kappa shape index (κ2) is 12.4. The zero-order valence-electron chi connectivity index (χ0n) is 21.8. The van der Waals surface area contributed by atoms with Crippen LogP contribution in [0.3, 0.4) is 0 Å². The van der Waals surface area contributed by atoms with Gasteiger partial charge in [0.2, 0.25) is 0 Å². The zero-order valence-corrected chi connectivity index (χ0v) is 22.6. The van der Waals surface area contributed by atoms with Gasteiger partial charge in [-0.1, -0.05) is 67.3 Å². The number of Topliss-reactive ketones (excluding diaryl/α,β-unsaturated/α-hetero) is 1. The lowest BCUT2D eigenvalue weighted by Gasteiger charge is -2.26. The van der Waals surface area contributed by atoms with Gasteiger partial charge in [0, 0.05) is 48.4 Å². The van der Waals surface area contributed by atoms with E-state index in [1.54, 1.807) is 0 Å². The first-order valence-electron chi connectivity index (χ1n) is 14.0. The highest BCUT2D eigenvalue weighted by molar-refractivity contribution is 5.87. The normalized spacial score (nSPS) is 21.7. The SMILES string of the molecule is Cc1ccc(C(CC(=O)CC2CCC(N)CC2)c2cn(CC3CCCCC3)c3ccccc23)cc1.Cl. The summed E-state index contributed by atoms with van der Waals surface area (Å²) in [7, 11) is 0. The standard InChI is InChI=1S/C32H42N2O.ClH/c1-23-11-15-26(16-12-23)30(20-28(35)19-24-13-17-27(33)18-14-24)31-22-34(21-25-7-3-2-4-8-25)32-10-6-5-9-29(31)32;/h5-6,9-12,15-16,22,24-25,27,30H,2-4,7-8,13-14,17-21,33H2,1H3;1H. The van der Waals surface area contributed by atoms with E-state index in [9.17, 15) is 4.79 Å². The number of rotatable bonds is 8. The minimum Gasteiger partial charge on any atom is -0.347 e. The Labute approximate surface area is 223 Å². The van der Waals surface area contributed by atoms with Crippen molar-refractivity contribution in [2.24, 2.45) is 17.6 Å². The van der Waals surface area contributed by atoms with E-state index in [4.69, 9.17) is 5.73 Å². The van der Waals surface area contributed by atoms with Crippen molar-refractivity contribution in [3.63, 3.8) is 0 Å². The number of benzene rings is 2. The summed E-state index contributed by atoms with van der Waals surface area (Å²) in [6.07, 6.45) is 14.8. The highest BCUT2D eigenvalue weighted by Gasteiger charge is 2.26. The number of ketones is 1. The molecule has 1 unspecified atom stereocenters. The largest absolute Gasteiger partial charge is 0.347 e. The molecule has 4 heteroatoms. The Morgan fingerprint density at radius 1 is 0.917 bits per heavy atom. The first-order valence-corrected chi connectivity index (χ1v) is 14.0. The van der Waals surface area contributed by atoms with E-state index >= 15 is 0 Å². The minimum atomic E-state index is 0. The Morgan fingerprint density at radius 3 is 2.33 bits per heavy atom. The average molecular weight is 507 g/mol. The van der Waals surface area contributed by atoms with Crippen LogP contribution >= 0.6 is 12.4 Å². The first kappa shape index (κ1) is 26.9. The van der Waals surface area contributed by atoms with Gasteiger partial charge in [0.15, 0.2) is 0 Å². The predicted molar refractivity (Wildman–Crippen MR) is 153 cm³/mol. The fraction of sp³-hybridized carbons (Fsp3) is 0.531. The molecule has 1 heterocycles. The maximum absolute atomic E-state index is 13.4. The Kier molecular flexibility index (Phi) is 9.30. The highest BCUT2D eigenvalue weighted by atomic mass is 35.5. The van der Waals surface area contributed by atoms with E-state index in [-0.39, 0.29) is 18.3 Å². The number of nitrogens with two attached hydrogens (primary N) is 1. The lowest BCUT2D eigenvalue weighted by atomic mass is 9.80. The van der Waals surface area contributed by atoms with Crippen LogP contribution in [-0.2, 0) is 11.3 Å². The van der Waals surface area contributed by atoms with Crippen LogP contribution in [0, 0.1) is 18.8 Å². The lowest BCUT2D eigenvalue weighted by molar-refractivity contribution is -0.120. The van der Waals surface area contributed by atoms with Crippen LogP contribution in [0.4, 0.5) is 0 Å². The fourth-order valence-electron chi connectivity index (χ4n) is 6.58. The van der Waals surface area contributed by atoms with E-state index in [1.165, 1.54) is 59.7 Å². The number of carbonyl (C=O) groups excluding carboxylic acids is 1. The van der Waals surface area contributed by atoms with Crippen molar-refractivity contribution in [2.75, 3.05) is 0 Å². The Bertz CT molecular complexity index is 1120. The van der Waals surface area contributed by atoms with Gasteiger partial charge in [-0.2, -0.15) is 0 Å². The Balaban J connectivity index is 0.00000304. The van der Waals surface area contributed by atoms with Crippen LogP contribution in [0.25, 0.3) is 10.9 Å². The quantitative estimate of drug-likeness (QED) is 0.337. The Hall–Kier alpha value is -2.10. The van der Waals surface area contributed by atoms with E-state index in [0.29, 0.717) is 30.6 Å². The van der Waals surface area contributed by atoms with Crippen molar-refractivity contribution in [2.45, 2.75) is 96.1 Å². The molecule has 3 aromatic rings. The molecule has 2 aliphatic rings. The van der Waals surface area contributed by atoms with Gasteiger partial charge in [-0.05, 0) is 74.5 Å². The van der Waals surface area contributed by atoms with E-state index in [0.717, 1.165) is 38.1 Å². The molecule has 2 saturated carbocycles.